The molecule has 4 nitrogen and oxygen atoms in total. The van der Waals surface area contributed by atoms with Gasteiger partial charge >= 0.3 is 0 Å². The minimum atomic E-state index is -0.383. The topological polar surface area (TPSA) is 38.3 Å². The van der Waals surface area contributed by atoms with E-state index in [9.17, 15) is 4.79 Å². The van der Waals surface area contributed by atoms with Crippen LogP contribution in [0.4, 0.5) is 0 Å². The maximum absolute atomic E-state index is 13.8. The van der Waals surface area contributed by atoms with Gasteiger partial charge in [0.05, 0.1) is 25.6 Å². The first kappa shape index (κ1) is 29.1. The highest BCUT2D eigenvalue weighted by atomic mass is 127. The van der Waals surface area contributed by atoms with Gasteiger partial charge in [-0.05, 0) is 74.6 Å². The third-order valence-corrected chi connectivity index (χ3v) is 9.38. The number of likely N-dealkylation sites (tertiary alicyclic amines) is 1. The number of nitrogens with one attached hydrogen (secondary N) is 1. The second-order valence-corrected chi connectivity index (χ2v) is 12.6. The molecule has 2 aromatic carbocycles. The van der Waals surface area contributed by atoms with Gasteiger partial charge in [-0.3, -0.25) is 4.79 Å². The highest BCUT2D eigenvalue weighted by molar-refractivity contribution is 9.10. The minimum Gasteiger partial charge on any atom is -1.00 e. The first-order chi connectivity index (χ1) is 17.5. The van der Waals surface area contributed by atoms with Crippen molar-refractivity contribution < 1.29 is 38.0 Å². The molecule has 2 aliphatic heterocycles. The highest BCUT2D eigenvalue weighted by Crippen LogP contribution is 2.46. The number of hydrogen-bond donors (Lipinski definition) is 1. The number of hydrogen-bond acceptors (Lipinski definition) is 2. The summed E-state index contributed by atoms with van der Waals surface area (Å²) in [6, 6.07) is 12.1. The van der Waals surface area contributed by atoms with Crippen LogP contribution in [0.25, 0.3) is 0 Å². The van der Waals surface area contributed by atoms with Crippen molar-refractivity contribution in [3.8, 4) is 11.5 Å². The van der Waals surface area contributed by atoms with Crippen LogP contribution in [0.1, 0.15) is 75.3 Å². The quantitative estimate of drug-likeness (QED) is 0.271. The Morgan fingerprint density at radius 2 is 1.59 bits per heavy atom. The van der Waals surface area contributed by atoms with Gasteiger partial charge in [0.2, 0.25) is 5.91 Å². The SMILES string of the molecule is CC[N+]1(C/C2=C/CCCCCC2)CCC(NC(=O)C2c3cc(Br)ccc3Oc3ccc(Br)cc32)CC1.[I-]. The number of nitrogens with zero attached hydrogens (tertiary/aromatic N) is 1. The van der Waals surface area contributed by atoms with E-state index in [-0.39, 0.29) is 41.8 Å². The van der Waals surface area contributed by atoms with Crippen molar-refractivity contribution in [2.45, 2.75) is 70.3 Å². The third-order valence-electron chi connectivity index (χ3n) is 8.39. The van der Waals surface area contributed by atoms with Crippen LogP contribution in [0.2, 0.25) is 0 Å². The summed E-state index contributed by atoms with van der Waals surface area (Å²) < 4.78 is 9.23. The Morgan fingerprint density at radius 1 is 0.973 bits per heavy atom. The van der Waals surface area contributed by atoms with Crippen molar-refractivity contribution in [3.05, 3.63) is 68.1 Å². The molecule has 0 spiro atoms. The van der Waals surface area contributed by atoms with Crippen LogP contribution in [-0.2, 0) is 4.79 Å². The molecule has 1 N–H and O–H groups in total. The molecule has 0 aromatic heterocycles. The van der Waals surface area contributed by atoms with Gasteiger partial charge in [0.25, 0.3) is 0 Å². The second kappa shape index (κ2) is 13.0. The maximum Gasteiger partial charge on any atom is 0.232 e. The summed E-state index contributed by atoms with van der Waals surface area (Å²) in [5, 5.41) is 3.44. The molecule has 1 amide bonds. The Kier molecular flexibility index (Phi) is 10.2. The van der Waals surface area contributed by atoms with Crippen molar-refractivity contribution in [1.82, 2.24) is 5.32 Å². The van der Waals surface area contributed by atoms with Gasteiger partial charge in [0.1, 0.15) is 18.0 Å². The molecule has 2 heterocycles. The Labute approximate surface area is 255 Å². The molecule has 0 unspecified atom stereocenters. The summed E-state index contributed by atoms with van der Waals surface area (Å²) in [7, 11) is 0. The van der Waals surface area contributed by atoms with E-state index in [2.05, 4.69) is 50.2 Å². The molecule has 37 heavy (non-hydrogen) atoms. The highest BCUT2D eigenvalue weighted by Gasteiger charge is 2.37. The smallest absolute Gasteiger partial charge is 0.232 e. The average molecular weight is 744 g/mol. The fraction of sp³-hybridized carbons (Fsp3) is 0.500. The summed E-state index contributed by atoms with van der Waals surface area (Å²) in [5.41, 5.74) is 3.50. The Morgan fingerprint density at radius 3 is 2.22 bits per heavy atom. The molecule has 1 aliphatic carbocycles. The van der Waals surface area contributed by atoms with Gasteiger partial charge in [-0.15, -0.1) is 0 Å². The summed E-state index contributed by atoms with van der Waals surface area (Å²) in [6.07, 6.45) is 12.6. The molecule has 0 radical (unpaired) electrons. The van der Waals surface area contributed by atoms with Gasteiger partial charge in [0.15, 0.2) is 0 Å². The molecule has 0 bridgehead atoms. The Bertz CT molecular complexity index is 1090. The largest absolute Gasteiger partial charge is 1.00 e. The number of piperidine rings is 1. The first-order valence-electron chi connectivity index (χ1n) is 13.6. The van der Waals surface area contributed by atoms with Gasteiger partial charge in [0, 0.05) is 39.0 Å². The van der Waals surface area contributed by atoms with Crippen molar-refractivity contribution in [2.24, 2.45) is 0 Å². The van der Waals surface area contributed by atoms with E-state index in [0.29, 0.717) is 0 Å². The van der Waals surface area contributed by atoms with E-state index >= 15 is 0 Å². The van der Waals surface area contributed by atoms with Gasteiger partial charge in [-0.2, -0.15) is 0 Å². The van der Waals surface area contributed by atoms with Crippen LogP contribution in [0, 0.1) is 0 Å². The number of fused-ring (bicyclic) bond motifs is 2. The van der Waals surface area contributed by atoms with Crippen LogP contribution < -0.4 is 34.0 Å². The second-order valence-electron chi connectivity index (χ2n) is 10.8. The van der Waals surface area contributed by atoms with Crippen molar-refractivity contribution >= 4 is 37.8 Å². The standard InChI is InChI=1S/C30H36Br2N2O2.HI/c1-2-34(20-21-8-6-4-3-5-7-9-21)16-14-24(15-17-34)33-30(35)29-25-18-22(31)10-12-27(25)36-28-13-11-23(32)19-26(28)29;/h8,10-13,18-19,24,29H,2-7,9,14-17,20H2,1H3;1H/b21-8+;. The molecule has 0 saturated carbocycles. The molecule has 1 fully saturated rings. The number of ether oxygens (including phenoxy) is 1. The minimum absolute atomic E-state index is 0. The predicted octanol–water partition coefficient (Wildman–Crippen LogP) is 4.85. The molecule has 2 aromatic rings. The molecule has 7 heteroatoms. The molecule has 200 valence electrons. The van der Waals surface area contributed by atoms with Crippen LogP contribution in [0.15, 0.2) is 57.0 Å². The van der Waals surface area contributed by atoms with E-state index in [1.807, 2.05) is 36.4 Å². The number of rotatable bonds is 5. The number of carbonyl (C=O) groups excluding carboxylic acids is 1. The van der Waals surface area contributed by atoms with Crippen LogP contribution in [0.3, 0.4) is 0 Å². The lowest BCUT2D eigenvalue weighted by molar-refractivity contribution is -0.927. The van der Waals surface area contributed by atoms with Crippen molar-refractivity contribution in [2.75, 3.05) is 26.2 Å². The predicted molar refractivity (Wildman–Crippen MR) is 153 cm³/mol. The van der Waals surface area contributed by atoms with Crippen molar-refractivity contribution in [3.63, 3.8) is 0 Å². The first-order valence-corrected chi connectivity index (χ1v) is 15.1. The lowest BCUT2D eigenvalue weighted by Gasteiger charge is -2.44. The number of likely N-dealkylation sites (N-methyl/N-ethyl adjacent to an activating group) is 1. The number of benzene rings is 2. The lowest BCUT2D eigenvalue weighted by atomic mass is 9.86. The zero-order chi connectivity index (χ0) is 25.1. The lowest BCUT2D eigenvalue weighted by Crippen LogP contribution is -3.00. The molecular weight excluding hydrogens is 707 g/mol. The van der Waals surface area contributed by atoms with E-state index in [1.54, 1.807) is 5.57 Å². The Hall–Kier alpha value is -0.900. The van der Waals surface area contributed by atoms with Crippen LogP contribution >= 0.6 is 31.9 Å². The number of amides is 1. The number of carbonyl (C=O) groups is 1. The summed E-state index contributed by atoms with van der Waals surface area (Å²) >= 11 is 7.17. The van der Waals surface area contributed by atoms with Crippen LogP contribution in [-0.4, -0.2) is 42.6 Å². The average Bonchev–Trinajstić information content (AvgIpc) is 2.85. The monoisotopic (exact) mass is 742 g/mol. The van der Waals surface area contributed by atoms with Gasteiger partial charge in [-0.25, -0.2) is 0 Å². The summed E-state index contributed by atoms with van der Waals surface area (Å²) in [5.74, 6) is 1.20. The number of allylic oxidation sites excluding steroid dienone is 1. The van der Waals surface area contributed by atoms with Gasteiger partial charge < -0.3 is 38.5 Å². The fourth-order valence-corrected chi connectivity index (χ4v) is 6.96. The van der Waals surface area contributed by atoms with E-state index in [0.717, 1.165) is 57.5 Å². The molecule has 1 saturated heterocycles. The zero-order valence-electron chi connectivity index (χ0n) is 21.6. The zero-order valence-corrected chi connectivity index (χ0v) is 26.9. The molecule has 3 aliphatic rings. The normalized spacial score (nSPS) is 25.2. The summed E-state index contributed by atoms with van der Waals surface area (Å²) in [4.78, 5) is 13.8. The van der Waals surface area contributed by atoms with Crippen LogP contribution in [0.5, 0.6) is 11.5 Å². The van der Waals surface area contributed by atoms with E-state index in [4.69, 9.17) is 4.74 Å². The summed E-state index contributed by atoms with van der Waals surface area (Å²) in [6.45, 7) is 6.97. The van der Waals surface area contributed by atoms with Gasteiger partial charge in [-0.1, -0.05) is 50.8 Å². The molecule has 0 atom stereocenters. The van der Waals surface area contributed by atoms with E-state index < -0.39 is 0 Å². The molecule has 5 rings (SSSR count). The Balaban J connectivity index is 0.00000320. The molecular formula is C30H37Br2IN2O2. The number of halogens is 3. The third kappa shape index (κ3) is 6.82. The van der Waals surface area contributed by atoms with Crippen molar-refractivity contribution in [1.29, 1.82) is 0 Å². The fourth-order valence-electron chi connectivity index (χ4n) is 6.21. The van der Waals surface area contributed by atoms with E-state index in [1.165, 1.54) is 56.1 Å². The maximum atomic E-state index is 13.8. The number of quaternary nitrogens is 1.